The summed E-state index contributed by atoms with van der Waals surface area (Å²) in [6.45, 7) is 0.0722. The lowest BCUT2D eigenvalue weighted by Gasteiger charge is -2.16. The summed E-state index contributed by atoms with van der Waals surface area (Å²) in [7, 11) is 0. The van der Waals surface area contributed by atoms with Crippen LogP contribution in [0.1, 0.15) is 12.0 Å². The van der Waals surface area contributed by atoms with Crippen LogP contribution < -0.4 is 16.8 Å². The van der Waals surface area contributed by atoms with Gasteiger partial charge in [0.05, 0.1) is 4.90 Å². The first-order valence-corrected chi connectivity index (χ1v) is 8.52. The van der Waals surface area contributed by atoms with E-state index in [4.69, 9.17) is 16.6 Å². The SMILES string of the molecule is NCCC(=O)N[C@H](Cc1cc(O)c(O)c(SC[C@H](N)C(=O)O)c1)C(=O)O. The maximum absolute atomic E-state index is 11.6. The molecule has 0 bridgehead atoms. The molecular weight excluding hydrogens is 366 g/mol. The second-order valence-electron chi connectivity index (χ2n) is 5.42. The molecule has 11 heteroatoms. The van der Waals surface area contributed by atoms with Crippen LogP contribution in [-0.2, 0) is 20.8 Å². The summed E-state index contributed by atoms with van der Waals surface area (Å²) in [5.74, 6) is -4.04. The number of carboxylic acid groups (broad SMARTS) is 2. The van der Waals surface area contributed by atoms with Crippen molar-refractivity contribution in [2.24, 2.45) is 11.5 Å². The first-order valence-electron chi connectivity index (χ1n) is 7.54. The Balaban J connectivity index is 2.95. The first-order chi connectivity index (χ1) is 12.1. The van der Waals surface area contributed by atoms with Gasteiger partial charge < -0.3 is 37.2 Å². The number of carbonyl (C=O) groups is 3. The maximum Gasteiger partial charge on any atom is 0.326 e. The van der Waals surface area contributed by atoms with Gasteiger partial charge in [-0.25, -0.2) is 4.79 Å². The second kappa shape index (κ2) is 9.85. The molecule has 0 aliphatic rings. The fourth-order valence-corrected chi connectivity index (χ4v) is 2.94. The zero-order chi connectivity index (χ0) is 19.9. The van der Waals surface area contributed by atoms with Gasteiger partial charge in [0.2, 0.25) is 5.91 Å². The van der Waals surface area contributed by atoms with Gasteiger partial charge in [0.15, 0.2) is 11.5 Å². The van der Waals surface area contributed by atoms with E-state index in [-0.39, 0.29) is 30.0 Å². The first kappa shape index (κ1) is 21.5. The van der Waals surface area contributed by atoms with Crippen molar-refractivity contribution in [1.82, 2.24) is 5.32 Å². The summed E-state index contributed by atoms with van der Waals surface area (Å²) < 4.78 is 0. The quantitative estimate of drug-likeness (QED) is 0.194. The van der Waals surface area contributed by atoms with Crippen LogP contribution in [0.4, 0.5) is 0 Å². The molecule has 0 radical (unpaired) electrons. The van der Waals surface area contributed by atoms with Crippen LogP contribution in [-0.4, -0.2) is 62.7 Å². The van der Waals surface area contributed by atoms with Gasteiger partial charge in [-0.1, -0.05) is 0 Å². The molecule has 0 heterocycles. The zero-order valence-corrected chi connectivity index (χ0v) is 14.5. The molecular formula is C15H21N3O7S. The molecule has 1 rings (SSSR count). The van der Waals surface area contributed by atoms with Crippen molar-refractivity contribution < 1.29 is 34.8 Å². The average molecular weight is 387 g/mol. The molecule has 0 spiro atoms. The minimum absolute atomic E-state index is 0.0290. The topological polar surface area (TPSA) is 196 Å². The van der Waals surface area contributed by atoms with Gasteiger partial charge in [-0.15, -0.1) is 11.8 Å². The Morgan fingerprint density at radius 2 is 1.81 bits per heavy atom. The molecule has 1 amide bonds. The third kappa shape index (κ3) is 6.43. The number of phenolic OH excluding ortho intramolecular Hbond substituents is 2. The third-order valence-corrected chi connectivity index (χ3v) is 4.44. The van der Waals surface area contributed by atoms with E-state index in [0.717, 1.165) is 11.8 Å². The van der Waals surface area contributed by atoms with Gasteiger partial charge >= 0.3 is 11.9 Å². The highest BCUT2D eigenvalue weighted by Gasteiger charge is 2.22. The number of thioether (sulfide) groups is 1. The predicted octanol–water partition coefficient (Wildman–Crippen LogP) is -0.937. The Bertz CT molecular complexity index is 683. The van der Waals surface area contributed by atoms with Crippen molar-refractivity contribution in [3.8, 4) is 11.5 Å². The summed E-state index contributed by atoms with van der Waals surface area (Å²) in [4.78, 5) is 33.8. The number of aliphatic carboxylic acids is 2. The molecule has 10 nitrogen and oxygen atoms in total. The van der Waals surface area contributed by atoms with E-state index < -0.39 is 41.4 Å². The molecule has 2 atom stereocenters. The molecule has 1 aromatic rings. The normalized spacial score (nSPS) is 13.0. The van der Waals surface area contributed by atoms with Crippen molar-refractivity contribution in [2.45, 2.75) is 29.8 Å². The highest BCUT2D eigenvalue weighted by Crippen LogP contribution is 2.37. The highest BCUT2D eigenvalue weighted by atomic mass is 32.2. The van der Waals surface area contributed by atoms with E-state index in [9.17, 15) is 29.7 Å². The molecule has 9 N–H and O–H groups in total. The van der Waals surface area contributed by atoms with E-state index in [0.29, 0.717) is 5.56 Å². The van der Waals surface area contributed by atoms with Crippen molar-refractivity contribution in [2.75, 3.05) is 12.3 Å². The van der Waals surface area contributed by atoms with E-state index in [1.165, 1.54) is 12.1 Å². The van der Waals surface area contributed by atoms with Crippen molar-refractivity contribution in [3.63, 3.8) is 0 Å². The maximum atomic E-state index is 11.6. The molecule has 0 aromatic heterocycles. The molecule has 1 aromatic carbocycles. The number of amides is 1. The summed E-state index contributed by atoms with van der Waals surface area (Å²) in [6.07, 6.45) is -0.184. The van der Waals surface area contributed by atoms with Crippen LogP contribution in [0.2, 0.25) is 0 Å². The van der Waals surface area contributed by atoms with E-state index in [1.54, 1.807) is 0 Å². The fraction of sp³-hybridized carbons (Fsp3) is 0.400. The molecule has 0 saturated heterocycles. The minimum Gasteiger partial charge on any atom is -0.504 e. The number of nitrogens with one attached hydrogen (secondary N) is 1. The number of carbonyl (C=O) groups excluding carboxylic acids is 1. The van der Waals surface area contributed by atoms with Crippen LogP contribution in [0, 0.1) is 0 Å². The van der Waals surface area contributed by atoms with E-state index in [2.05, 4.69) is 5.32 Å². The second-order valence-corrected chi connectivity index (χ2v) is 6.48. The average Bonchev–Trinajstić information content (AvgIpc) is 2.55. The van der Waals surface area contributed by atoms with Crippen molar-refractivity contribution >= 4 is 29.6 Å². The summed E-state index contributed by atoms with van der Waals surface area (Å²) in [5.41, 5.74) is 11.0. The number of phenols is 2. The van der Waals surface area contributed by atoms with Crippen molar-refractivity contribution in [3.05, 3.63) is 17.7 Å². The van der Waals surface area contributed by atoms with Gasteiger partial charge in [-0.2, -0.15) is 0 Å². The number of benzene rings is 1. The van der Waals surface area contributed by atoms with Crippen LogP contribution in [0.25, 0.3) is 0 Å². The van der Waals surface area contributed by atoms with Crippen LogP contribution in [0.3, 0.4) is 0 Å². The van der Waals surface area contributed by atoms with Gasteiger partial charge in [0, 0.05) is 25.1 Å². The number of nitrogens with two attached hydrogens (primary N) is 2. The molecule has 0 saturated carbocycles. The Labute approximate surface area is 153 Å². The third-order valence-electron chi connectivity index (χ3n) is 3.29. The van der Waals surface area contributed by atoms with Gasteiger partial charge in [-0.05, 0) is 17.7 Å². The summed E-state index contributed by atoms with van der Waals surface area (Å²) in [6, 6.07) is 0.144. The van der Waals surface area contributed by atoms with Gasteiger partial charge in [0.1, 0.15) is 12.1 Å². The van der Waals surface area contributed by atoms with Gasteiger partial charge in [0.25, 0.3) is 0 Å². The Kier molecular flexibility index (Phi) is 8.16. The summed E-state index contributed by atoms with van der Waals surface area (Å²) >= 11 is 0.902. The molecule has 0 aliphatic heterocycles. The number of hydrogen-bond acceptors (Lipinski definition) is 8. The van der Waals surface area contributed by atoms with Crippen LogP contribution in [0.5, 0.6) is 11.5 Å². The predicted molar refractivity (Wildman–Crippen MR) is 93.0 cm³/mol. The molecule has 26 heavy (non-hydrogen) atoms. The number of aromatic hydroxyl groups is 2. The molecule has 144 valence electrons. The Hall–Kier alpha value is -2.50. The van der Waals surface area contributed by atoms with Gasteiger partial charge in [-0.3, -0.25) is 9.59 Å². The number of rotatable bonds is 10. The Morgan fingerprint density at radius 3 is 2.35 bits per heavy atom. The fourth-order valence-electron chi connectivity index (χ4n) is 1.96. The number of carboxylic acids is 2. The van der Waals surface area contributed by atoms with Crippen LogP contribution in [0.15, 0.2) is 17.0 Å². The lowest BCUT2D eigenvalue weighted by molar-refractivity contribution is -0.141. The minimum atomic E-state index is -1.27. The van der Waals surface area contributed by atoms with E-state index in [1.807, 2.05) is 0 Å². The number of hydrogen-bond donors (Lipinski definition) is 7. The molecule has 0 unspecified atom stereocenters. The molecule has 0 fully saturated rings. The lowest BCUT2D eigenvalue weighted by Crippen LogP contribution is -2.42. The largest absolute Gasteiger partial charge is 0.504 e. The standard InChI is InChI=1S/C15H21N3O7S/c16-2-1-12(20)18-9(15(24)25)3-7-4-10(19)13(21)11(5-7)26-6-8(17)14(22)23/h4-5,8-9,19,21H,1-3,6,16-17H2,(H,18,20)(H,22,23)(H,24,25)/t8-,9+/m0/s1. The smallest absolute Gasteiger partial charge is 0.326 e. The lowest BCUT2D eigenvalue weighted by atomic mass is 10.0. The van der Waals surface area contributed by atoms with E-state index >= 15 is 0 Å². The monoisotopic (exact) mass is 387 g/mol. The van der Waals surface area contributed by atoms with Crippen molar-refractivity contribution in [1.29, 1.82) is 0 Å². The van der Waals surface area contributed by atoms with Crippen LogP contribution >= 0.6 is 11.8 Å². The Morgan fingerprint density at radius 1 is 1.15 bits per heavy atom. The zero-order valence-electron chi connectivity index (χ0n) is 13.7. The highest BCUT2D eigenvalue weighted by molar-refractivity contribution is 7.99. The summed E-state index contributed by atoms with van der Waals surface area (Å²) in [5, 5.41) is 40.0. The molecule has 0 aliphatic carbocycles.